The van der Waals surface area contributed by atoms with Gasteiger partial charge >= 0.3 is 0 Å². The van der Waals surface area contributed by atoms with Gasteiger partial charge < -0.3 is 14.6 Å². The summed E-state index contributed by atoms with van der Waals surface area (Å²) >= 11 is 3.33. The number of fused-ring (bicyclic) bond motifs is 1. The van der Waals surface area contributed by atoms with Crippen LogP contribution in [0.3, 0.4) is 0 Å². The molecule has 1 aromatic heterocycles. The van der Waals surface area contributed by atoms with Gasteiger partial charge in [0.25, 0.3) is 5.91 Å². The van der Waals surface area contributed by atoms with Crippen molar-refractivity contribution < 1.29 is 9.21 Å². The Morgan fingerprint density at radius 2 is 2.50 bits per heavy atom. The van der Waals surface area contributed by atoms with E-state index in [0.29, 0.717) is 17.8 Å². The smallest absolute Gasteiger partial charge is 0.291 e. The van der Waals surface area contributed by atoms with Crippen molar-refractivity contribution in [3.8, 4) is 0 Å². The Kier molecular flexibility index (Phi) is 2.52. The van der Waals surface area contributed by atoms with E-state index in [4.69, 9.17) is 4.42 Å². The number of halogens is 1. The largest absolute Gasteiger partial charge is 0.458 e. The molecule has 2 aliphatic rings. The lowest BCUT2D eigenvalue weighted by Crippen LogP contribution is -2.68. The molecule has 16 heavy (non-hydrogen) atoms. The molecule has 3 heterocycles. The molecule has 0 bridgehead atoms. The van der Waals surface area contributed by atoms with Crippen molar-refractivity contribution in [2.24, 2.45) is 0 Å². The molecule has 1 amide bonds. The highest BCUT2D eigenvalue weighted by molar-refractivity contribution is 9.10. The number of carbonyl (C=O) groups is 1. The lowest BCUT2D eigenvalue weighted by Gasteiger charge is -2.48. The van der Waals surface area contributed by atoms with Gasteiger partial charge in [0.1, 0.15) is 0 Å². The molecule has 0 aliphatic carbocycles. The topological polar surface area (TPSA) is 45.5 Å². The molecule has 1 aromatic rings. The van der Waals surface area contributed by atoms with Gasteiger partial charge in [-0.1, -0.05) is 0 Å². The van der Waals surface area contributed by atoms with Crippen LogP contribution in [0.5, 0.6) is 0 Å². The fourth-order valence-electron chi connectivity index (χ4n) is 2.49. The first-order chi connectivity index (χ1) is 7.77. The van der Waals surface area contributed by atoms with Crippen LogP contribution in [0.2, 0.25) is 0 Å². The van der Waals surface area contributed by atoms with Crippen LogP contribution in [0.25, 0.3) is 0 Å². The maximum absolute atomic E-state index is 12.2. The van der Waals surface area contributed by atoms with Crippen LogP contribution in [0.1, 0.15) is 23.4 Å². The van der Waals surface area contributed by atoms with Gasteiger partial charge in [-0.15, -0.1) is 0 Å². The standard InChI is InChI=1S/C11H13BrN2O2/c12-7-3-5-16-10(7)11(15)14-4-1-2-8-9(14)6-13-8/h3,5,8-9,13H,1-2,4,6H2. The molecule has 86 valence electrons. The molecule has 5 heteroatoms. The van der Waals surface area contributed by atoms with Crippen molar-refractivity contribution in [1.82, 2.24) is 10.2 Å². The highest BCUT2D eigenvalue weighted by Gasteiger charge is 2.41. The number of furan rings is 1. The Labute approximate surface area is 102 Å². The van der Waals surface area contributed by atoms with Crippen LogP contribution in [-0.2, 0) is 0 Å². The third-order valence-corrected chi connectivity index (χ3v) is 4.06. The van der Waals surface area contributed by atoms with E-state index < -0.39 is 0 Å². The zero-order valence-electron chi connectivity index (χ0n) is 8.78. The number of nitrogens with zero attached hydrogens (tertiary/aromatic N) is 1. The summed E-state index contributed by atoms with van der Waals surface area (Å²) in [4.78, 5) is 14.2. The Morgan fingerprint density at radius 1 is 1.62 bits per heavy atom. The SMILES string of the molecule is O=C(c1occc1Br)N1CCCC2NCC21. The Bertz CT molecular complexity index is 418. The first kappa shape index (κ1) is 10.4. The minimum atomic E-state index is 0.00748. The average Bonchev–Trinajstić information content (AvgIpc) is 2.65. The van der Waals surface area contributed by atoms with Crippen molar-refractivity contribution in [2.45, 2.75) is 24.9 Å². The van der Waals surface area contributed by atoms with E-state index in [-0.39, 0.29) is 5.91 Å². The third kappa shape index (κ3) is 1.50. The summed E-state index contributed by atoms with van der Waals surface area (Å²) in [6.07, 6.45) is 3.78. The second-order valence-electron chi connectivity index (χ2n) is 4.32. The summed E-state index contributed by atoms with van der Waals surface area (Å²) in [5.74, 6) is 0.431. The van der Waals surface area contributed by atoms with Crippen LogP contribution in [-0.4, -0.2) is 36.0 Å². The summed E-state index contributed by atoms with van der Waals surface area (Å²) in [7, 11) is 0. The van der Waals surface area contributed by atoms with Crippen molar-refractivity contribution in [1.29, 1.82) is 0 Å². The van der Waals surface area contributed by atoms with Crippen LogP contribution in [0.4, 0.5) is 0 Å². The minimum Gasteiger partial charge on any atom is -0.458 e. The van der Waals surface area contributed by atoms with E-state index in [9.17, 15) is 4.79 Å². The molecule has 2 unspecified atom stereocenters. The summed E-state index contributed by atoms with van der Waals surface area (Å²) in [6, 6.07) is 2.61. The van der Waals surface area contributed by atoms with Gasteiger partial charge in [-0.3, -0.25) is 4.79 Å². The lowest BCUT2D eigenvalue weighted by molar-refractivity contribution is 0.0337. The van der Waals surface area contributed by atoms with Crippen molar-refractivity contribution in [3.63, 3.8) is 0 Å². The summed E-state index contributed by atoms with van der Waals surface area (Å²) in [6.45, 7) is 1.75. The number of amides is 1. The Morgan fingerprint density at radius 3 is 3.12 bits per heavy atom. The zero-order chi connectivity index (χ0) is 11.1. The van der Waals surface area contributed by atoms with E-state index in [1.807, 2.05) is 4.90 Å². The van der Waals surface area contributed by atoms with Gasteiger partial charge in [-0.2, -0.15) is 0 Å². The maximum atomic E-state index is 12.2. The van der Waals surface area contributed by atoms with Gasteiger partial charge in [-0.25, -0.2) is 0 Å². The molecular formula is C11H13BrN2O2. The van der Waals surface area contributed by atoms with Gasteiger partial charge in [-0.05, 0) is 34.8 Å². The molecule has 3 rings (SSSR count). The predicted molar refractivity (Wildman–Crippen MR) is 62.3 cm³/mol. The summed E-state index contributed by atoms with van der Waals surface area (Å²) < 4.78 is 5.97. The van der Waals surface area contributed by atoms with Crippen molar-refractivity contribution in [3.05, 3.63) is 22.6 Å². The summed E-state index contributed by atoms with van der Waals surface area (Å²) in [5.41, 5.74) is 0. The molecule has 0 radical (unpaired) electrons. The van der Waals surface area contributed by atoms with Gasteiger partial charge in [0.05, 0.1) is 16.8 Å². The molecule has 0 spiro atoms. The molecule has 1 N–H and O–H groups in total. The van der Waals surface area contributed by atoms with Crippen LogP contribution in [0, 0.1) is 0 Å². The fourth-order valence-corrected chi connectivity index (χ4v) is 2.86. The molecule has 2 saturated heterocycles. The molecule has 4 nitrogen and oxygen atoms in total. The Hall–Kier alpha value is -0.810. The van der Waals surface area contributed by atoms with E-state index in [2.05, 4.69) is 21.2 Å². The first-order valence-electron chi connectivity index (χ1n) is 5.55. The lowest BCUT2D eigenvalue weighted by atomic mass is 9.89. The monoisotopic (exact) mass is 284 g/mol. The number of likely N-dealkylation sites (tertiary alicyclic amines) is 1. The second kappa shape index (κ2) is 3.89. The second-order valence-corrected chi connectivity index (χ2v) is 5.17. The molecule has 2 atom stereocenters. The van der Waals surface area contributed by atoms with Gasteiger partial charge in [0.2, 0.25) is 5.76 Å². The quantitative estimate of drug-likeness (QED) is 0.852. The number of rotatable bonds is 1. The van der Waals surface area contributed by atoms with Gasteiger partial charge in [0.15, 0.2) is 0 Å². The van der Waals surface area contributed by atoms with E-state index >= 15 is 0 Å². The first-order valence-corrected chi connectivity index (χ1v) is 6.34. The van der Waals surface area contributed by atoms with E-state index in [0.717, 1.165) is 24.0 Å². The van der Waals surface area contributed by atoms with Crippen LogP contribution < -0.4 is 5.32 Å². The number of hydrogen-bond acceptors (Lipinski definition) is 3. The molecule has 0 aromatic carbocycles. The Balaban J connectivity index is 1.82. The normalized spacial score (nSPS) is 28.4. The highest BCUT2D eigenvalue weighted by atomic mass is 79.9. The zero-order valence-corrected chi connectivity index (χ0v) is 10.4. The number of piperidine rings is 1. The molecule has 2 aliphatic heterocycles. The highest BCUT2D eigenvalue weighted by Crippen LogP contribution is 2.27. The minimum absolute atomic E-state index is 0.00748. The molecular weight excluding hydrogens is 272 g/mol. The predicted octanol–water partition coefficient (Wildman–Crippen LogP) is 1.62. The average molecular weight is 285 g/mol. The van der Waals surface area contributed by atoms with Crippen LogP contribution in [0.15, 0.2) is 21.2 Å². The number of hydrogen-bond donors (Lipinski definition) is 1. The van der Waals surface area contributed by atoms with E-state index in [1.165, 1.54) is 12.7 Å². The summed E-state index contributed by atoms with van der Waals surface area (Å²) in [5, 5.41) is 3.36. The third-order valence-electron chi connectivity index (χ3n) is 3.44. The number of nitrogens with one attached hydrogen (secondary N) is 1. The van der Waals surface area contributed by atoms with Crippen molar-refractivity contribution in [2.75, 3.05) is 13.1 Å². The maximum Gasteiger partial charge on any atom is 0.291 e. The van der Waals surface area contributed by atoms with E-state index in [1.54, 1.807) is 6.07 Å². The van der Waals surface area contributed by atoms with Gasteiger partial charge in [0, 0.05) is 19.1 Å². The molecule has 2 fully saturated rings. The molecule has 0 saturated carbocycles. The number of carbonyl (C=O) groups excluding carboxylic acids is 1. The van der Waals surface area contributed by atoms with Crippen molar-refractivity contribution >= 4 is 21.8 Å². The van der Waals surface area contributed by atoms with Crippen LogP contribution >= 0.6 is 15.9 Å². The fraction of sp³-hybridized carbons (Fsp3) is 0.545.